The van der Waals surface area contributed by atoms with Crippen molar-refractivity contribution in [3.63, 3.8) is 0 Å². The maximum atomic E-state index is 13.7. The lowest BCUT2D eigenvalue weighted by Crippen LogP contribution is -2.16. The molecule has 0 spiro atoms. The summed E-state index contributed by atoms with van der Waals surface area (Å²) in [6.07, 6.45) is 6.05. The van der Waals surface area contributed by atoms with Crippen LogP contribution in [0.1, 0.15) is 55.9 Å². The maximum Gasteiger partial charge on any atom is 0.223 e. The van der Waals surface area contributed by atoms with Gasteiger partial charge in [-0.3, -0.25) is 0 Å². The molecule has 0 saturated carbocycles. The Morgan fingerprint density at radius 1 is 1.18 bits per heavy atom. The molecule has 2 N–H and O–H groups in total. The largest absolute Gasteiger partial charge is 0.670 e. The molecule has 5 rings (SSSR count). The van der Waals surface area contributed by atoms with E-state index in [1.807, 2.05) is 18.2 Å². The van der Waals surface area contributed by atoms with Gasteiger partial charge in [0.1, 0.15) is 18.2 Å². The van der Waals surface area contributed by atoms with Crippen LogP contribution in [0.2, 0.25) is 0 Å². The number of nitrogens with zero attached hydrogens (tertiary/aromatic N) is 5. The molecular weight excluding hydrogens is 481 g/mol. The van der Waals surface area contributed by atoms with E-state index in [9.17, 15) is 4.39 Å². The lowest BCUT2D eigenvalue weighted by Gasteiger charge is -2.20. The summed E-state index contributed by atoms with van der Waals surface area (Å²) in [7, 11) is 0. The summed E-state index contributed by atoms with van der Waals surface area (Å²) >= 11 is 0. The maximum absolute atomic E-state index is 13.7. The highest BCUT2D eigenvalue weighted by Gasteiger charge is 2.31. The molecule has 2 atom stereocenters. The van der Waals surface area contributed by atoms with Gasteiger partial charge in [0.25, 0.3) is 0 Å². The lowest BCUT2D eigenvalue weighted by atomic mass is 10.1. The number of aromatic nitrogens is 5. The van der Waals surface area contributed by atoms with Crippen molar-refractivity contribution < 1.29 is 9.13 Å². The molecule has 2 unspecified atom stereocenters. The third-order valence-corrected chi connectivity index (χ3v) is 6.58. The van der Waals surface area contributed by atoms with E-state index < -0.39 is 6.04 Å². The van der Waals surface area contributed by atoms with Crippen LogP contribution in [0.3, 0.4) is 0 Å². The Balaban J connectivity index is 1.51. The molecule has 196 valence electrons. The minimum atomic E-state index is -0.489. The smallest absolute Gasteiger partial charge is 0.223 e. The van der Waals surface area contributed by atoms with Crippen molar-refractivity contribution in [1.29, 1.82) is 0 Å². The second kappa shape index (κ2) is 11.1. The second-order valence-corrected chi connectivity index (χ2v) is 9.35. The van der Waals surface area contributed by atoms with E-state index in [-0.39, 0.29) is 11.9 Å². The molecule has 0 saturated heterocycles. The quantitative estimate of drug-likeness (QED) is 0.254. The van der Waals surface area contributed by atoms with Crippen molar-refractivity contribution >= 4 is 12.0 Å². The van der Waals surface area contributed by atoms with Crippen LogP contribution >= 0.6 is 0 Å². The predicted octanol–water partition coefficient (Wildman–Crippen LogP) is 6.69. The van der Waals surface area contributed by atoms with Gasteiger partial charge in [-0.05, 0) is 54.8 Å². The molecule has 0 radical (unpaired) electrons. The fraction of sp³-hybridized carbons (Fsp3) is 0.310. The fourth-order valence-electron chi connectivity index (χ4n) is 4.75. The molecule has 9 heteroatoms. The van der Waals surface area contributed by atoms with Crippen molar-refractivity contribution in [2.45, 2.75) is 45.2 Å². The number of halogens is 1. The fourth-order valence-corrected chi connectivity index (χ4v) is 4.75. The van der Waals surface area contributed by atoms with Crippen molar-refractivity contribution in [3.05, 3.63) is 83.9 Å². The van der Waals surface area contributed by atoms with Gasteiger partial charge in [0, 0.05) is 36.5 Å². The van der Waals surface area contributed by atoms with E-state index in [1.54, 1.807) is 31.3 Å². The minimum Gasteiger partial charge on any atom is -0.670 e. The van der Waals surface area contributed by atoms with Gasteiger partial charge in [0.2, 0.25) is 11.8 Å². The molecule has 1 aromatic carbocycles. The van der Waals surface area contributed by atoms with E-state index in [4.69, 9.17) is 20.4 Å². The summed E-state index contributed by atoms with van der Waals surface area (Å²) in [5, 5.41) is 3.26. The number of hydrogen-bond donors (Lipinski definition) is 1. The Morgan fingerprint density at radius 3 is 2.74 bits per heavy atom. The molecular formula is C29H31FN7O-. The van der Waals surface area contributed by atoms with E-state index in [2.05, 4.69) is 33.4 Å². The van der Waals surface area contributed by atoms with Gasteiger partial charge in [-0.25, -0.2) is 24.3 Å². The highest BCUT2D eigenvalue weighted by atomic mass is 19.1. The Morgan fingerprint density at radius 2 is 2.00 bits per heavy atom. The molecule has 38 heavy (non-hydrogen) atoms. The van der Waals surface area contributed by atoms with E-state index in [0.717, 1.165) is 59.8 Å². The average molecular weight is 513 g/mol. The molecule has 3 aromatic heterocycles. The molecule has 0 amide bonds. The summed E-state index contributed by atoms with van der Waals surface area (Å²) in [4.78, 5) is 18.7. The molecule has 1 aliphatic heterocycles. The number of benzene rings is 1. The molecule has 8 nitrogen and oxygen atoms in total. The highest BCUT2D eigenvalue weighted by molar-refractivity contribution is 5.78. The Hall–Kier alpha value is -4.11. The van der Waals surface area contributed by atoms with Crippen LogP contribution in [0.5, 0.6) is 5.88 Å². The SMILES string of the molecule is C=Cc1ccc(OCC2CCc3nc(-c4ccc(F)cc4)c(-c4ccnc(NCCC)n4)n32)nc1C(C)[NH-]. The highest BCUT2D eigenvalue weighted by Crippen LogP contribution is 2.39. The molecule has 0 fully saturated rings. The molecule has 4 heterocycles. The number of pyridine rings is 1. The second-order valence-electron chi connectivity index (χ2n) is 9.35. The minimum absolute atomic E-state index is 0.00136. The lowest BCUT2D eigenvalue weighted by molar-refractivity contribution is 0.246. The van der Waals surface area contributed by atoms with Gasteiger partial charge in [-0.2, -0.15) is 0 Å². The predicted molar refractivity (Wildman–Crippen MR) is 147 cm³/mol. The van der Waals surface area contributed by atoms with Crippen LogP contribution in [0, 0.1) is 5.82 Å². The number of fused-ring (bicyclic) bond motifs is 1. The first-order valence-corrected chi connectivity index (χ1v) is 12.9. The third-order valence-electron chi connectivity index (χ3n) is 6.58. The number of ether oxygens (including phenoxy) is 1. The zero-order chi connectivity index (χ0) is 26.6. The summed E-state index contributed by atoms with van der Waals surface area (Å²) in [5.74, 6) is 1.67. The zero-order valence-electron chi connectivity index (χ0n) is 21.6. The first-order valence-electron chi connectivity index (χ1n) is 12.9. The van der Waals surface area contributed by atoms with Crippen LogP contribution in [-0.4, -0.2) is 37.7 Å². The number of imidazole rings is 1. The zero-order valence-corrected chi connectivity index (χ0v) is 21.6. The van der Waals surface area contributed by atoms with Gasteiger partial charge < -0.3 is 20.4 Å². The molecule has 4 aromatic rings. The average Bonchev–Trinajstić information content (AvgIpc) is 3.50. The summed E-state index contributed by atoms with van der Waals surface area (Å²) in [6, 6.07) is 11.5. The number of rotatable bonds is 10. The Kier molecular flexibility index (Phi) is 7.46. The topological polar surface area (TPSA) is 102 Å². The Bertz CT molecular complexity index is 1430. The summed E-state index contributed by atoms with van der Waals surface area (Å²) < 4.78 is 22.1. The van der Waals surface area contributed by atoms with Crippen molar-refractivity contribution in [3.8, 4) is 28.5 Å². The monoisotopic (exact) mass is 512 g/mol. The number of aryl methyl sites for hydroxylation is 1. The number of hydrogen-bond acceptors (Lipinski definition) is 6. The van der Waals surface area contributed by atoms with E-state index in [0.29, 0.717) is 24.1 Å². The normalized spacial score (nSPS) is 15.2. The van der Waals surface area contributed by atoms with Crippen molar-refractivity contribution in [1.82, 2.24) is 24.5 Å². The first-order chi connectivity index (χ1) is 18.5. The van der Waals surface area contributed by atoms with Crippen LogP contribution in [0.25, 0.3) is 34.5 Å². The van der Waals surface area contributed by atoms with Crippen LogP contribution in [0.4, 0.5) is 10.3 Å². The molecule has 0 bridgehead atoms. The summed E-state index contributed by atoms with van der Waals surface area (Å²) in [5.41, 5.74) is 12.8. The van der Waals surface area contributed by atoms with E-state index in [1.165, 1.54) is 12.1 Å². The standard InChI is InChI=1S/C29H31FN7O/c1-4-15-32-29-33-16-14-23(34-29)28-27(20-6-9-21(30)10-7-20)35-24-12-11-22(37(24)28)17-38-25-13-8-19(5-2)26(36-25)18(3)31/h5-10,13-14,16,18,22,31H,2,4,11-12,15,17H2,1,3H3,(H,32,33,34)/q-1. The van der Waals surface area contributed by atoms with E-state index >= 15 is 0 Å². The van der Waals surface area contributed by atoms with Gasteiger partial charge in [0.05, 0.1) is 23.1 Å². The van der Waals surface area contributed by atoms with Crippen LogP contribution in [-0.2, 0) is 6.42 Å². The van der Waals surface area contributed by atoms with Crippen LogP contribution < -0.4 is 10.1 Å². The number of anilines is 1. The van der Waals surface area contributed by atoms with Gasteiger partial charge in [0.15, 0.2) is 0 Å². The Labute approximate surface area is 221 Å². The molecule has 0 aliphatic carbocycles. The third kappa shape index (κ3) is 5.15. The van der Waals surface area contributed by atoms with Crippen molar-refractivity contribution in [2.24, 2.45) is 0 Å². The number of nitrogens with one attached hydrogen (secondary N) is 2. The van der Waals surface area contributed by atoms with Gasteiger partial charge in [-0.15, -0.1) is 0 Å². The first kappa shape index (κ1) is 25.5. The van der Waals surface area contributed by atoms with Gasteiger partial charge in [-0.1, -0.05) is 32.5 Å². The summed E-state index contributed by atoms with van der Waals surface area (Å²) in [6.45, 7) is 8.85. The molecule has 1 aliphatic rings. The van der Waals surface area contributed by atoms with Gasteiger partial charge >= 0.3 is 0 Å². The van der Waals surface area contributed by atoms with Crippen LogP contribution in [0.15, 0.2) is 55.2 Å². The van der Waals surface area contributed by atoms with Crippen molar-refractivity contribution in [2.75, 3.05) is 18.5 Å².